The molecular weight excluding hydrogens is 212 g/mol. The average Bonchev–Trinajstić information content (AvgIpc) is 3.14. The van der Waals surface area contributed by atoms with Gasteiger partial charge in [0.15, 0.2) is 0 Å². The van der Waals surface area contributed by atoms with Crippen molar-refractivity contribution in [2.24, 2.45) is 11.3 Å². The predicted molar refractivity (Wildman–Crippen MR) is 68.6 cm³/mol. The summed E-state index contributed by atoms with van der Waals surface area (Å²) in [5.41, 5.74) is -0.616. The summed E-state index contributed by atoms with van der Waals surface area (Å²) >= 11 is 0. The Bertz CT molecular complexity index is 326. The van der Waals surface area contributed by atoms with Gasteiger partial charge in [-0.05, 0) is 58.4 Å². The lowest BCUT2D eigenvalue weighted by Crippen LogP contribution is -2.41. The summed E-state index contributed by atoms with van der Waals surface area (Å²) < 4.78 is 5.93. The molecule has 1 atom stereocenters. The molecule has 2 rings (SSSR count). The van der Waals surface area contributed by atoms with E-state index in [1.807, 2.05) is 20.8 Å². The molecule has 17 heavy (non-hydrogen) atoms. The van der Waals surface area contributed by atoms with Crippen molar-refractivity contribution in [3.8, 4) is 0 Å². The third-order valence-electron chi connectivity index (χ3n) is 4.33. The van der Waals surface area contributed by atoms with Crippen molar-refractivity contribution >= 4 is 5.97 Å². The first-order valence-electron chi connectivity index (χ1n) is 6.91. The first kappa shape index (κ1) is 12.7. The van der Waals surface area contributed by atoms with Crippen LogP contribution in [-0.4, -0.2) is 11.6 Å². The zero-order valence-corrected chi connectivity index (χ0v) is 11.3. The van der Waals surface area contributed by atoms with Crippen molar-refractivity contribution in [1.82, 2.24) is 0 Å². The molecule has 0 aromatic rings. The molecule has 0 saturated heterocycles. The summed E-state index contributed by atoms with van der Waals surface area (Å²) in [6, 6.07) is 0. The van der Waals surface area contributed by atoms with E-state index in [9.17, 15) is 4.79 Å². The summed E-state index contributed by atoms with van der Waals surface area (Å²) in [7, 11) is 0. The molecule has 1 fully saturated rings. The highest BCUT2D eigenvalue weighted by Gasteiger charge is 2.48. The van der Waals surface area contributed by atoms with Crippen molar-refractivity contribution in [1.29, 1.82) is 0 Å². The molecule has 96 valence electrons. The largest absolute Gasteiger partial charge is 0.454 e. The van der Waals surface area contributed by atoms with Crippen LogP contribution in [0.2, 0.25) is 0 Å². The lowest BCUT2D eigenvalue weighted by atomic mass is 9.85. The first-order valence-corrected chi connectivity index (χ1v) is 6.91. The first-order chi connectivity index (χ1) is 8.00. The summed E-state index contributed by atoms with van der Waals surface area (Å²) in [6.45, 7) is 5.99. The molecule has 0 N–H and O–H groups in total. The standard InChI is InChI=1S/C15H24O2/c1-4-14(2,3)13(16)17-15(12-8-9-12)10-6-5-7-11-15/h6,10,12H,4-5,7-9,11H2,1-3H3. The molecule has 2 aliphatic rings. The maximum atomic E-state index is 12.2. The SMILES string of the molecule is CCC(C)(C)C(=O)OC1(C2CC2)C=CCCC1. The highest BCUT2D eigenvalue weighted by atomic mass is 16.6. The number of ether oxygens (including phenoxy) is 1. The third kappa shape index (κ3) is 2.56. The van der Waals surface area contributed by atoms with Gasteiger partial charge in [-0.25, -0.2) is 0 Å². The van der Waals surface area contributed by atoms with Gasteiger partial charge in [-0.2, -0.15) is 0 Å². The molecule has 2 heteroatoms. The van der Waals surface area contributed by atoms with Gasteiger partial charge in [0.05, 0.1) is 5.41 Å². The summed E-state index contributed by atoms with van der Waals surface area (Å²) in [4.78, 5) is 12.2. The van der Waals surface area contributed by atoms with E-state index >= 15 is 0 Å². The van der Waals surface area contributed by atoms with Gasteiger partial charge in [-0.1, -0.05) is 13.0 Å². The molecule has 1 saturated carbocycles. The smallest absolute Gasteiger partial charge is 0.312 e. The quantitative estimate of drug-likeness (QED) is 0.547. The van der Waals surface area contributed by atoms with Gasteiger partial charge < -0.3 is 4.74 Å². The molecule has 1 unspecified atom stereocenters. The molecule has 0 aliphatic heterocycles. The van der Waals surface area contributed by atoms with E-state index in [2.05, 4.69) is 12.2 Å². The molecule has 0 aromatic heterocycles. The van der Waals surface area contributed by atoms with E-state index in [-0.39, 0.29) is 17.0 Å². The number of hydrogen-bond acceptors (Lipinski definition) is 2. The Hall–Kier alpha value is -0.790. The molecule has 2 nitrogen and oxygen atoms in total. The van der Waals surface area contributed by atoms with Crippen LogP contribution in [-0.2, 0) is 9.53 Å². The van der Waals surface area contributed by atoms with Crippen molar-refractivity contribution in [2.45, 2.75) is 64.9 Å². The maximum Gasteiger partial charge on any atom is 0.312 e. The second-order valence-corrected chi connectivity index (χ2v) is 6.15. The lowest BCUT2D eigenvalue weighted by molar-refractivity contribution is -0.169. The van der Waals surface area contributed by atoms with Crippen LogP contribution in [0.3, 0.4) is 0 Å². The Labute approximate surface area is 104 Å². The van der Waals surface area contributed by atoms with Gasteiger partial charge in [-0.15, -0.1) is 0 Å². The van der Waals surface area contributed by atoms with Gasteiger partial charge in [0.25, 0.3) is 0 Å². The summed E-state index contributed by atoms with van der Waals surface area (Å²) in [5, 5.41) is 0. The Morgan fingerprint density at radius 2 is 2.18 bits per heavy atom. The zero-order chi connectivity index (χ0) is 12.5. The highest BCUT2D eigenvalue weighted by molar-refractivity contribution is 5.76. The molecule has 0 aromatic carbocycles. The van der Waals surface area contributed by atoms with Gasteiger partial charge in [0.2, 0.25) is 0 Å². The number of hydrogen-bond donors (Lipinski definition) is 0. The topological polar surface area (TPSA) is 26.3 Å². The second kappa shape index (κ2) is 4.47. The van der Waals surface area contributed by atoms with E-state index < -0.39 is 0 Å². The minimum atomic E-state index is -0.354. The van der Waals surface area contributed by atoms with Crippen LogP contribution in [0.15, 0.2) is 12.2 Å². The van der Waals surface area contributed by atoms with Gasteiger partial charge >= 0.3 is 5.97 Å². The molecule has 0 amide bonds. The fourth-order valence-electron chi connectivity index (χ4n) is 2.40. The van der Waals surface area contributed by atoms with Crippen LogP contribution in [0.25, 0.3) is 0 Å². The summed E-state index contributed by atoms with van der Waals surface area (Å²) in [5.74, 6) is 0.550. The van der Waals surface area contributed by atoms with E-state index in [1.54, 1.807) is 0 Å². The number of allylic oxidation sites excluding steroid dienone is 1. The average molecular weight is 236 g/mol. The molecule has 2 aliphatic carbocycles. The minimum Gasteiger partial charge on any atom is -0.454 e. The Balaban J connectivity index is 2.11. The van der Waals surface area contributed by atoms with Gasteiger partial charge in [-0.3, -0.25) is 4.79 Å². The predicted octanol–water partition coefficient (Wildman–Crippen LogP) is 3.85. The molecule has 0 spiro atoms. The zero-order valence-electron chi connectivity index (χ0n) is 11.3. The number of esters is 1. The lowest BCUT2D eigenvalue weighted by Gasteiger charge is -2.36. The molecular formula is C15H24O2. The fourth-order valence-corrected chi connectivity index (χ4v) is 2.40. The number of carbonyl (C=O) groups is 1. The number of rotatable bonds is 4. The van der Waals surface area contributed by atoms with Crippen molar-refractivity contribution in [3.05, 3.63) is 12.2 Å². The van der Waals surface area contributed by atoms with E-state index in [4.69, 9.17) is 4.74 Å². The Morgan fingerprint density at radius 1 is 1.47 bits per heavy atom. The van der Waals surface area contributed by atoms with Crippen molar-refractivity contribution < 1.29 is 9.53 Å². The fraction of sp³-hybridized carbons (Fsp3) is 0.800. The van der Waals surface area contributed by atoms with E-state index in [1.165, 1.54) is 12.8 Å². The molecule has 0 radical (unpaired) electrons. The number of carbonyl (C=O) groups excluding carboxylic acids is 1. The van der Waals surface area contributed by atoms with Crippen LogP contribution < -0.4 is 0 Å². The van der Waals surface area contributed by atoms with E-state index in [0.29, 0.717) is 5.92 Å². The van der Waals surface area contributed by atoms with Crippen LogP contribution >= 0.6 is 0 Å². The van der Waals surface area contributed by atoms with Gasteiger partial charge in [0, 0.05) is 5.92 Å². The van der Waals surface area contributed by atoms with Crippen LogP contribution in [0, 0.1) is 11.3 Å². The second-order valence-electron chi connectivity index (χ2n) is 6.15. The maximum absolute atomic E-state index is 12.2. The minimum absolute atomic E-state index is 0.0292. The molecule has 0 heterocycles. The van der Waals surface area contributed by atoms with Gasteiger partial charge in [0.1, 0.15) is 5.60 Å². The Kier molecular flexibility index (Phi) is 3.33. The van der Waals surface area contributed by atoms with Crippen LogP contribution in [0.1, 0.15) is 59.3 Å². The molecule has 0 bridgehead atoms. The van der Waals surface area contributed by atoms with Crippen LogP contribution in [0.4, 0.5) is 0 Å². The van der Waals surface area contributed by atoms with Crippen molar-refractivity contribution in [2.75, 3.05) is 0 Å². The van der Waals surface area contributed by atoms with Crippen molar-refractivity contribution in [3.63, 3.8) is 0 Å². The monoisotopic (exact) mass is 236 g/mol. The highest BCUT2D eigenvalue weighted by Crippen LogP contribution is 2.48. The van der Waals surface area contributed by atoms with E-state index in [0.717, 1.165) is 25.7 Å². The Morgan fingerprint density at radius 3 is 2.65 bits per heavy atom. The third-order valence-corrected chi connectivity index (χ3v) is 4.33. The summed E-state index contributed by atoms with van der Waals surface area (Å²) in [6.07, 6.45) is 10.9. The van der Waals surface area contributed by atoms with Crippen LogP contribution in [0.5, 0.6) is 0 Å². The normalized spacial score (nSPS) is 29.1.